The Labute approximate surface area is 117 Å². The second-order valence-corrected chi connectivity index (χ2v) is 5.87. The van der Waals surface area contributed by atoms with Crippen molar-refractivity contribution in [2.75, 3.05) is 5.32 Å². The monoisotopic (exact) mass is 268 g/mol. The first-order valence-corrected chi connectivity index (χ1v) is 7.27. The minimum Gasteiger partial charge on any atom is -0.381 e. The largest absolute Gasteiger partial charge is 0.381 e. The minimum atomic E-state index is 0.410. The number of nitrogens with one attached hydrogen (secondary N) is 1. The van der Waals surface area contributed by atoms with Crippen LogP contribution in [-0.4, -0.2) is 11.0 Å². The van der Waals surface area contributed by atoms with Crippen molar-refractivity contribution in [3.05, 3.63) is 48.5 Å². The van der Waals surface area contributed by atoms with E-state index in [0.29, 0.717) is 6.04 Å². The maximum absolute atomic E-state index is 4.79. The van der Waals surface area contributed by atoms with Gasteiger partial charge in [-0.1, -0.05) is 36.4 Å². The molecule has 0 aliphatic rings. The van der Waals surface area contributed by atoms with Crippen molar-refractivity contribution in [1.82, 2.24) is 4.98 Å². The van der Waals surface area contributed by atoms with Crippen LogP contribution in [-0.2, 0) is 0 Å². The Bertz CT molecular complexity index is 686. The molecule has 0 aliphatic heterocycles. The summed E-state index contributed by atoms with van der Waals surface area (Å²) in [4.78, 5) is 4.79. The lowest BCUT2D eigenvalue weighted by Gasteiger charge is -2.09. The lowest BCUT2D eigenvalue weighted by Crippen LogP contribution is -2.09. The number of fused-ring (bicyclic) bond motifs is 1. The molecule has 3 heteroatoms. The second-order valence-electron chi connectivity index (χ2n) is 4.84. The molecule has 1 heterocycles. The van der Waals surface area contributed by atoms with E-state index in [1.807, 2.05) is 6.07 Å². The van der Waals surface area contributed by atoms with Gasteiger partial charge in [-0.2, -0.15) is 0 Å². The fraction of sp³-hybridized carbons (Fsp3) is 0.188. The predicted octanol–water partition coefficient (Wildman–Crippen LogP) is 4.78. The number of rotatable bonds is 3. The summed E-state index contributed by atoms with van der Waals surface area (Å²) in [5.74, 6) is 0. The SMILES string of the molecule is CC(C)Nc1cccc2sc(-c3ccccc3)nc12. The maximum Gasteiger partial charge on any atom is 0.124 e. The first kappa shape index (κ1) is 12.2. The molecule has 2 nitrogen and oxygen atoms in total. The molecule has 0 unspecified atom stereocenters. The molecule has 0 saturated carbocycles. The Kier molecular flexibility index (Phi) is 3.22. The molecule has 0 aliphatic carbocycles. The Hall–Kier alpha value is -1.87. The first-order valence-electron chi connectivity index (χ1n) is 6.45. The normalized spacial score (nSPS) is 11.1. The average molecular weight is 268 g/mol. The van der Waals surface area contributed by atoms with E-state index in [1.54, 1.807) is 11.3 Å². The van der Waals surface area contributed by atoms with Crippen LogP contribution in [0.25, 0.3) is 20.8 Å². The Morgan fingerprint density at radius 3 is 2.53 bits per heavy atom. The average Bonchev–Trinajstić information content (AvgIpc) is 2.84. The van der Waals surface area contributed by atoms with E-state index < -0.39 is 0 Å². The zero-order valence-corrected chi connectivity index (χ0v) is 11.9. The van der Waals surface area contributed by atoms with Crippen molar-refractivity contribution in [2.24, 2.45) is 0 Å². The molecule has 0 bridgehead atoms. The van der Waals surface area contributed by atoms with Gasteiger partial charge in [-0.05, 0) is 26.0 Å². The second kappa shape index (κ2) is 5.02. The van der Waals surface area contributed by atoms with E-state index in [-0.39, 0.29) is 0 Å². The summed E-state index contributed by atoms with van der Waals surface area (Å²) in [6, 6.07) is 17.1. The number of benzene rings is 2. The highest BCUT2D eigenvalue weighted by Gasteiger charge is 2.09. The van der Waals surface area contributed by atoms with Gasteiger partial charge in [-0.3, -0.25) is 0 Å². The summed E-state index contributed by atoms with van der Waals surface area (Å²) < 4.78 is 1.23. The van der Waals surface area contributed by atoms with Crippen molar-refractivity contribution >= 4 is 27.2 Å². The Morgan fingerprint density at radius 1 is 1.00 bits per heavy atom. The molecular formula is C16H16N2S. The molecular weight excluding hydrogens is 252 g/mol. The van der Waals surface area contributed by atoms with E-state index in [2.05, 4.69) is 61.6 Å². The van der Waals surface area contributed by atoms with Gasteiger partial charge in [-0.15, -0.1) is 11.3 Å². The van der Waals surface area contributed by atoms with E-state index in [9.17, 15) is 0 Å². The number of thiazole rings is 1. The van der Waals surface area contributed by atoms with E-state index in [4.69, 9.17) is 4.98 Å². The van der Waals surface area contributed by atoms with Gasteiger partial charge in [0.2, 0.25) is 0 Å². The summed E-state index contributed by atoms with van der Waals surface area (Å²) >= 11 is 1.74. The zero-order chi connectivity index (χ0) is 13.2. The summed E-state index contributed by atoms with van der Waals surface area (Å²) in [6.07, 6.45) is 0. The van der Waals surface area contributed by atoms with Gasteiger partial charge in [0.1, 0.15) is 10.5 Å². The standard InChI is InChI=1S/C16H16N2S/c1-11(2)17-13-9-6-10-14-15(13)18-16(19-14)12-7-4-3-5-8-12/h3-11,17H,1-2H3. The van der Waals surface area contributed by atoms with Crippen LogP contribution < -0.4 is 5.32 Å². The zero-order valence-electron chi connectivity index (χ0n) is 11.1. The van der Waals surface area contributed by atoms with E-state index >= 15 is 0 Å². The molecule has 0 atom stereocenters. The summed E-state index contributed by atoms with van der Waals surface area (Å²) in [6.45, 7) is 4.28. The molecule has 19 heavy (non-hydrogen) atoms. The van der Waals surface area contributed by atoms with Crippen LogP contribution >= 0.6 is 11.3 Å². The molecule has 3 rings (SSSR count). The molecule has 0 spiro atoms. The van der Waals surface area contributed by atoms with Crippen molar-refractivity contribution < 1.29 is 0 Å². The Balaban J connectivity index is 2.11. The molecule has 1 N–H and O–H groups in total. The fourth-order valence-corrected chi connectivity index (χ4v) is 3.08. The summed E-state index contributed by atoms with van der Waals surface area (Å²) in [7, 11) is 0. The molecule has 0 saturated heterocycles. The third-order valence-electron chi connectivity index (χ3n) is 2.88. The Morgan fingerprint density at radius 2 is 1.79 bits per heavy atom. The summed E-state index contributed by atoms with van der Waals surface area (Å²) in [5, 5.41) is 4.53. The molecule has 0 radical (unpaired) electrons. The van der Waals surface area contributed by atoms with Crippen molar-refractivity contribution in [1.29, 1.82) is 0 Å². The van der Waals surface area contributed by atoms with Crippen LogP contribution in [0.5, 0.6) is 0 Å². The van der Waals surface area contributed by atoms with Crippen LogP contribution in [0.1, 0.15) is 13.8 Å². The van der Waals surface area contributed by atoms with Crippen molar-refractivity contribution in [3.63, 3.8) is 0 Å². The smallest absolute Gasteiger partial charge is 0.124 e. The third-order valence-corrected chi connectivity index (χ3v) is 3.95. The number of hydrogen-bond donors (Lipinski definition) is 1. The number of anilines is 1. The van der Waals surface area contributed by atoms with Crippen molar-refractivity contribution in [2.45, 2.75) is 19.9 Å². The van der Waals surface area contributed by atoms with Crippen LogP contribution in [0, 0.1) is 0 Å². The lowest BCUT2D eigenvalue weighted by atomic mass is 10.2. The van der Waals surface area contributed by atoms with Gasteiger partial charge >= 0.3 is 0 Å². The van der Waals surface area contributed by atoms with Gasteiger partial charge in [0.25, 0.3) is 0 Å². The number of para-hydroxylation sites is 1. The maximum atomic E-state index is 4.79. The molecule has 0 amide bonds. The molecule has 96 valence electrons. The van der Waals surface area contributed by atoms with Gasteiger partial charge in [-0.25, -0.2) is 4.98 Å². The molecule has 0 fully saturated rings. The number of hydrogen-bond acceptors (Lipinski definition) is 3. The fourth-order valence-electron chi connectivity index (χ4n) is 2.08. The minimum absolute atomic E-state index is 0.410. The highest BCUT2D eigenvalue weighted by molar-refractivity contribution is 7.21. The van der Waals surface area contributed by atoms with Crippen molar-refractivity contribution in [3.8, 4) is 10.6 Å². The van der Waals surface area contributed by atoms with Crippen LogP contribution in [0.2, 0.25) is 0 Å². The van der Waals surface area contributed by atoms with Crippen LogP contribution in [0.15, 0.2) is 48.5 Å². The topological polar surface area (TPSA) is 24.9 Å². The first-order chi connectivity index (χ1) is 9.24. The van der Waals surface area contributed by atoms with E-state index in [0.717, 1.165) is 16.2 Å². The molecule has 1 aromatic heterocycles. The third kappa shape index (κ3) is 2.47. The van der Waals surface area contributed by atoms with Crippen LogP contribution in [0.4, 0.5) is 5.69 Å². The van der Waals surface area contributed by atoms with Gasteiger partial charge in [0.15, 0.2) is 0 Å². The molecule has 3 aromatic rings. The van der Waals surface area contributed by atoms with Gasteiger partial charge in [0, 0.05) is 11.6 Å². The van der Waals surface area contributed by atoms with Crippen LogP contribution in [0.3, 0.4) is 0 Å². The van der Waals surface area contributed by atoms with Gasteiger partial charge < -0.3 is 5.32 Å². The highest BCUT2D eigenvalue weighted by Crippen LogP contribution is 2.33. The lowest BCUT2D eigenvalue weighted by molar-refractivity contribution is 0.901. The quantitative estimate of drug-likeness (QED) is 0.739. The van der Waals surface area contributed by atoms with E-state index in [1.165, 1.54) is 10.3 Å². The van der Waals surface area contributed by atoms with Gasteiger partial charge in [0.05, 0.1) is 10.4 Å². The molecule has 2 aromatic carbocycles. The predicted molar refractivity (Wildman–Crippen MR) is 83.8 cm³/mol. The number of aromatic nitrogens is 1. The summed E-state index contributed by atoms with van der Waals surface area (Å²) in [5.41, 5.74) is 3.37. The number of nitrogens with zero attached hydrogens (tertiary/aromatic N) is 1. The highest BCUT2D eigenvalue weighted by atomic mass is 32.1.